The summed E-state index contributed by atoms with van der Waals surface area (Å²) in [6.45, 7) is 2.13. The molecule has 82 valence electrons. The van der Waals surface area contributed by atoms with E-state index in [0.717, 1.165) is 0 Å². The summed E-state index contributed by atoms with van der Waals surface area (Å²) < 4.78 is 0. The van der Waals surface area contributed by atoms with Crippen LogP contribution in [0.3, 0.4) is 0 Å². The van der Waals surface area contributed by atoms with Gasteiger partial charge in [-0.15, -0.1) is 0 Å². The Labute approximate surface area is 88.2 Å². The van der Waals surface area contributed by atoms with Crippen molar-refractivity contribution in [3.63, 3.8) is 0 Å². The van der Waals surface area contributed by atoms with Crippen LogP contribution in [-0.4, -0.2) is 11.5 Å². The van der Waals surface area contributed by atoms with Gasteiger partial charge in [0.05, 0.1) is 4.92 Å². The zero-order valence-electron chi connectivity index (χ0n) is 8.64. The number of nitro groups is 1. The van der Waals surface area contributed by atoms with Crippen LogP contribution in [0.5, 0.6) is 0 Å². The second kappa shape index (κ2) is 4.86. The molecule has 0 aromatic heterocycles. The summed E-state index contributed by atoms with van der Waals surface area (Å²) in [5, 5.41) is 10.9. The number of hydrogen-bond acceptors (Lipinski definition) is 4. The molecular weight excluding hydrogens is 194 g/mol. The summed E-state index contributed by atoms with van der Waals surface area (Å²) in [4.78, 5) is 10.5. The molecule has 0 saturated heterocycles. The highest BCUT2D eigenvalue weighted by Crippen LogP contribution is 2.28. The van der Waals surface area contributed by atoms with Crippen LogP contribution in [0.15, 0.2) is 18.2 Å². The van der Waals surface area contributed by atoms with E-state index in [4.69, 9.17) is 11.5 Å². The molecule has 0 heterocycles. The van der Waals surface area contributed by atoms with Gasteiger partial charge in [0, 0.05) is 17.2 Å². The number of rotatable bonds is 4. The van der Waals surface area contributed by atoms with E-state index >= 15 is 0 Å². The third-order valence-corrected chi connectivity index (χ3v) is 2.33. The van der Waals surface area contributed by atoms with E-state index in [0.29, 0.717) is 24.1 Å². The van der Waals surface area contributed by atoms with Crippen LogP contribution in [-0.2, 0) is 0 Å². The Morgan fingerprint density at radius 3 is 2.73 bits per heavy atom. The number of nitrogens with two attached hydrogens (primary N) is 2. The van der Waals surface area contributed by atoms with Gasteiger partial charge >= 0.3 is 0 Å². The summed E-state index contributed by atoms with van der Waals surface area (Å²) >= 11 is 0. The maximum atomic E-state index is 10.9. The van der Waals surface area contributed by atoms with Crippen LogP contribution in [0.4, 0.5) is 5.69 Å². The predicted molar refractivity (Wildman–Crippen MR) is 58.4 cm³/mol. The van der Waals surface area contributed by atoms with Crippen molar-refractivity contribution in [2.45, 2.75) is 19.4 Å². The van der Waals surface area contributed by atoms with Gasteiger partial charge in [0.1, 0.15) is 0 Å². The van der Waals surface area contributed by atoms with Gasteiger partial charge in [0.25, 0.3) is 5.69 Å². The van der Waals surface area contributed by atoms with Crippen molar-refractivity contribution in [2.75, 3.05) is 6.54 Å². The highest BCUT2D eigenvalue weighted by molar-refractivity contribution is 5.48. The minimum absolute atomic E-state index is 0.110. The Morgan fingerprint density at radius 1 is 1.53 bits per heavy atom. The SMILES string of the molecule is Cc1cccc(C(N)CCN)c1[N+](=O)[O-]. The second-order valence-corrected chi connectivity index (χ2v) is 3.45. The lowest BCUT2D eigenvalue weighted by Gasteiger charge is -2.11. The molecule has 1 aromatic rings. The summed E-state index contributed by atoms with van der Waals surface area (Å²) in [5.74, 6) is 0. The molecule has 1 aromatic carbocycles. The van der Waals surface area contributed by atoms with Crippen molar-refractivity contribution in [2.24, 2.45) is 11.5 Å². The molecule has 0 radical (unpaired) electrons. The Kier molecular flexibility index (Phi) is 3.76. The van der Waals surface area contributed by atoms with Crippen LogP contribution in [0.2, 0.25) is 0 Å². The molecule has 15 heavy (non-hydrogen) atoms. The fraction of sp³-hybridized carbons (Fsp3) is 0.400. The Bertz CT molecular complexity index is 366. The average Bonchev–Trinajstić information content (AvgIpc) is 2.17. The zero-order chi connectivity index (χ0) is 11.4. The number of nitrogens with zero attached hydrogens (tertiary/aromatic N) is 1. The quantitative estimate of drug-likeness (QED) is 0.576. The van der Waals surface area contributed by atoms with Gasteiger partial charge in [-0.05, 0) is 19.9 Å². The maximum Gasteiger partial charge on any atom is 0.277 e. The van der Waals surface area contributed by atoms with E-state index < -0.39 is 0 Å². The molecule has 5 nitrogen and oxygen atoms in total. The monoisotopic (exact) mass is 209 g/mol. The molecule has 1 atom stereocenters. The van der Waals surface area contributed by atoms with Crippen molar-refractivity contribution < 1.29 is 4.92 Å². The summed E-state index contributed by atoms with van der Waals surface area (Å²) in [5.41, 5.74) is 12.5. The molecular formula is C10H15N3O2. The topological polar surface area (TPSA) is 95.2 Å². The van der Waals surface area contributed by atoms with E-state index in [1.807, 2.05) is 0 Å². The van der Waals surface area contributed by atoms with Crippen LogP contribution in [0.25, 0.3) is 0 Å². The Morgan fingerprint density at radius 2 is 2.20 bits per heavy atom. The summed E-state index contributed by atoms with van der Waals surface area (Å²) in [6, 6.07) is 4.80. The smallest absolute Gasteiger partial charge is 0.277 e. The van der Waals surface area contributed by atoms with Crippen molar-refractivity contribution in [3.05, 3.63) is 39.4 Å². The molecule has 4 N–H and O–H groups in total. The normalized spacial score (nSPS) is 12.5. The molecule has 0 aliphatic carbocycles. The van der Waals surface area contributed by atoms with Gasteiger partial charge in [-0.3, -0.25) is 10.1 Å². The van der Waals surface area contributed by atoms with Crippen molar-refractivity contribution in [1.29, 1.82) is 0 Å². The first-order valence-electron chi connectivity index (χ1n) is 4.77. The van der Waals surface area contributed by atoms with Crippen LogP contribution < -0.4 is 11.5 Å². The zero-order valence-corrected chi connectivity index (χ0v) is 8.64. The van der Waals surface area contributed by atoms with Gasteiger partial charge in [0.2, 0.25) is 0 Å². The number of nitro benzene ring substituents is 1. The van der Waals surface area contributed by atoms with E-state index in [9.17, 15) is 10.1 Å². The lowest BCUT2D eigenvalue weighted by molar-refractivity contribution is -0.386. The first-order valence-corrected chi connectivity index (χ1v) is 4.77. The van der Waals surface area contributed by atoms with Gasteiger partial charge in [-0.2, -0.15) is 0 Å². The lowest BCUT2D eigenvalue weighted by Crippen LogP contribution is -2.17. The van der Waals surface area contributed by atoms with Gasteiger partial charge in [-0.1, -0.05) is 18.2 Å². The lowest BCUT2D eigenvalue weighted by atomic mass is 10.00. The maximum absolute atomic E-state index is 10.9. The number of aryl methyl sites for hydroxylation is 1. The molecule has 0 saturated carbocycles. The molecule has 5 heteroatoms. The standard InChI is InChI=1S/C10H15N3O2/c1-7-3-2-4-8(9(12)5-6-11)10(7)13(14)15/h2-4,9H,5-6,11-12H2,1H3. The van der Waals surface area contributed by atoms with Gasteiger partial charge in [-0.25, -0.2) is 0 Å². The van der Waals surface area contributed by atoms with Crippen LogP contribution >= 0.6 is 0 Å². The van der Waals surface area contributed by atoms with Crippen LogP contribution in [0, 0.1) is 17.0 Å². The van der Waals surface area contributed by atoms with E-state index in [1.165, 1.54) is 0 Å². The first kappa shape index (κ1) is 11.6. The minimum atomic E-state index is -0.388. The molecule has 1 unspecified atom stereocenters. The Balaban J connectivity index is 3.16. The van der Waals surface area contributed by atoms with E-state index in [2.05, 4.69) is 0 Å². The van der Waals surface area contributed by atoms with Gasteiger partial charge in [0.15, 0.2) is 0 Å². The van der Waals surface area contributed by atoms with E-state index in [-0.39, 0.29) is 16.7 Å². The number of hydrogen-bond donors (Lipinski definition) is 2. The van der Waals surface area contributed by atoms with Crippen molar-refractivity contribution >= 4 is 5.69 Å². The summed E-state index contributed by atoms with van der Waals surface area (Å²) in [6.07, 6.45) is 0.546. The predicted octanol–water partition coefficient (Wildman–Crippen LogP) is 1.25. The molecule has 0 amide bonds. The van der Waals surface area contributed by atoms with Crippen LogP contribution in [0.1, 0.15) is 23.6 Å². The summed E-state index contributed by atoms with van der Waals surface area (Å²) in [7, 11) is 0. The second-order valence-electron chi connectivity index (χ2n) is 3.45. The Hall–Kier alpha value is -1.46. The fourth-order valence-electron chi connectivity index (χ4n) is 1.57. The molecule has 0 spiro atoms. The van der Waals surface area contributed by atoms with E-state index in [1.54, 1.807) is 25.1 Å². The molecule has 0 fully saturated rings. The highest BCUT2D eigenvalue weighted by Gasteiger charge is 2.20. The molecule has 1 rings (SSSR count). The third kappa shape index (κ3) is 2.51. The average molecular weight is 209 g/mol. The highest BCUT2D eigenvalue weighted by atomic mass is 16.6. The molecule has 0 aliphatic rings. The minimum Gasteiger partial charge on any atom is -0.330 e. The van der Waals surface area contributed by atoms with Crippen molar-refractivity contribution in [1.82, 2.24) is 0 Å². The fourth-order valence-corrected chi connectivity index (χ4v) is 1.57. The first-order chi connectivity index (χ1) is 7.07. The molecule has 0 aliphatic heterocycles. The number of para-hydroxylation sites is 1. The van der Waals surface area contributed by atoms with Gasteiger partial charge < -0.3 is 11.5 Å². The third-order valence-electron chi connectivity index (χ3n) is 2.33. The largest absolute Gasteiger partial charge is 0.330 e. The number of benzene rings is 1. The van der Waals surface area contributed by atoms with Crippen molar-refractivity contribution in [3.8, 4) is 0 Å². The molecule has 0 bridgehead atoms.